The summed E-state index contributed by atoms with van der Waals surface area (Å²) in [4.78, 5) is 40.6. The first kappa shape index (κ1) is 26.7. The number of hydrogen-bond donors (Lipinski definition) is 3. The summed E-state index contributed by atoms with van der Waals surface area (Å²) in [7, 11) is 0. The van der Waals surface area contributed by atoms with Gasteiger partial charge in [0.2, 0.25) is 5.91 Å². The summed E-state index contributed by atoms with van der Waals surface area (Å²) in [6.45, 7) is 10.7. The van der Waals surface area contributed by atoms with E-state index in [0.29, 0.717) is 17.7 Å². The van der Waals surface area contributed by atoms with Crippen molar-refractivity contribution in [3.63, 3.8) is 0 Å². The first-order chi connectivity index (χ1) is 15.9. The maximum absolute atomic E-state index is 13.5. The molecule has 3 N–H and O–H groups in total. The Kier molecular flexibility index (Phi) is 9.06. The van der Waals surface area contributed by atoms with E-state index in [1.165, 1.54) is 17.9 Å². The van der Waals surface area contributed by atoms with E-state index in [1.54, 1.807) is 51.1 Å². The third-order valence-electron chi connectivity index (χ3n) is 5.05. The highest BCUT2D eigenvalue weighted by Gasteiger charge is 2.35. The van der Waals surface area contributed by atoms with Crippen LogP contribution in [-0.2, 0) is 14.3 Å². The van der Waals surface area contributed by atoms with Gasteiger partial charge in [0.15, 0.2) is 0 Å². The minimum absolute atomic E-state index is 0.103. The van der Waals surface area contributed by atoms with Crippen molar-refractivity contribution in [3.05, 3.63) is 59.7 Å². The molecule has 0 saturated carbocycles. The van der Waals surface area contributed by atoms with Crippen molar-refractivity contribution in [1.82, 2.24) is 10.2 Å². The summed E-state index contributed by atoms with van der Waals surface area (Å²) in [5, 5.41) is 16.0. The fourth-order valence-corrected chi connectivity index (χ4v) is 3.49. The normalized spacial score (nSPS) is 12.9. The Bertz CT molecular complexity index is 1020. The molecule has 2 rings (SSSR count). The van der Waals surface area contributed by atoms with Crippen LogP contribution in [0.1, 0.15) is 58.2 Å². The number of phenolic OH excluding ortho intramolecular Hbond substituents is 1. The zero-order valence-electron chi connectivity index (χ0n) is 20.7. The van der Waals surface area contributed by atoms with Crippen LogP contribution in [0.5, 0.6) is 5.75 Å². The van der Waals surface area contributed by atoms with Crippen molar-refractivity contribution in [1.29, 1.82) is 0 Å². The molecule has 0 bridgehead atoms. The highest BCUT2D eigenvalue weighted by molar-refractivity contribution is 5.99. The topological polar surface area (TPSA) is 108 Å². The first-order valence-corrected chi connectivity index (χ1v) is 11.4. The van der Waals surface area contributed by atoms with Crippen molar-refractivity contribution in [2.24, 2.45) is 0 Å². The Morgan fingerprint density at radius 2 is 1.68 bits per heavy atom. The summed E-state index contributed by atoms with van der Waals surface area (Å²) < 4.78 is 5.26. The molecular weight excluding hydrogens is 434 g/mol. The third-order valence-corrected chi connectivity index (χ3v) is 5.05. The number of carbonyl (C=O) groups excluding carboxylic acids is 3. The smallest absolute Gasteiger partial charge is 0.408 e. The number of para-hydroxylation sites is 2. The molecule has 0 aromatic heterocycles. The number of aromatic hydroxyl groups is 1. The predicted molar refractivity (Wildman–Crippen MR) is 131 cm³/mol. The van der Waals surface area contributed by atoms with Gasteiger partial charge in [0.05, 0.1) is 0 Å². The lowest BCUT2D eigenvalue weighted by Crippen LogP contribution is -2.51. The molecule has 8 heteroatoms. The Morgan fingerprint density at radius 1 is 1.06 bits per heavy atom. The van der Waals surface area contributed by atoms with E-state index in [-0.39, 0.29) is 12.3 Å². The second-order valence-corrected chi connectivity index (χ2v) is 9.17. The van der Waals surface area contributed by atoms with Gasteiger partial charge in [-0.3, -0.25) is 9.59 Å². The molecule has 2 atom stereocenters. The molecule has 184 valence electrons. The summed E-state index contributed by atoms with van der Waals surface area (Å²) in [6.07, 6.45) is -0.166. The molecule has 0 aliphatic rings. The molecule has 0 radical (unpaired) electrons. The number of aryl methyl sites for hydroxylation is 1. The largest absolute Gasteiger partial charge is 0.508 e. The number of nitrogens with zero attached hydrogens (tertiary/aromatic N) is 1. The van der Waals surface area contributed by atoms with E-state index in [4.69, 9.17) is 4.74 Å². The molecule has 2 aromatic rings. The lowest BCUT2D eigenvalue weighted by atomic mass is 10.0. The van der Waals surface area contributed by atoms with Crippen LogP contribution in [0.2, 0.25) is 0 Å². The zero-order valence-corrected chi connectivity index (χ0v) is 20.7. The zero-order chi connectivity index (χ0) is 25.5. The lowest BCUT2D eigenvalue weighted by molar-refractivity contribution is -0.140. The van der Waals surface area contributed by atoms with Crippen LogP contribution in [0, 0.1) is 6.92 Å². The van der Waals surface area contributed by atoms with Crippen LogP contribution < -0.4 is 10.6 Å². The molecule has 34 heavy (non-hydrogen) atoms. The monoisotopic (exact) mass is 469 g/mol. The molecular formula is C26H35N3O5. The number of alkyl carbamates (subject to hydrolysis) is 1. The van der Waals surface area contributed by atoms with Crippen molar-refractivity contribution in [2.45, 2.75) is 65.6 Å². The number of anilines is 1. The second kappa shape index (κ2) is 11.5. The Balaban J connectivity index is 2.41. The Hall–Kier alpha value is -3.55. The quantitative estimate of drug-likeness (QED) is 0.526. The van der Waals surface area contributed by atoms with Gasteiger partial charge in [-0.05, 0) is 58.7 Å². The van der Waals surface area contributed by atoms with Gasteiger partial charge in [0.1, 0.15) is 23.4 Å². The van der Waals surface area contributed by atoms with Crippen LogP contribution >= 0.6 is 0 Å². The van der Waals surface area contributed by atoms with E-state index in [1.807, 2.05) is 26.0 Å². The molecule has 3 amide bonds. The number of rotatable bonds is 8. The van der Waals surface area contributed by atoms with Crippen molar-refractivity contribution in [3.8, 4) is 5.75 Å². The second-order valence-electron chi connectivity index (χ2n) is 9.17. The Labute approximate surface area is 201 Å². The van der Waals surface area contributed by atoms with Gasteiger partial charge >= 0.3 is 6.09 Å². The fraction of sp³-hybridized carbons (Fsp3) is 0.423. The maximum atomic E-state index is 13.5. The van der Waals surface area contributed by atoms with Gasteiger partial charge in [-0.2, -0.15) is 0 Å². The first-order valence-electron chi connectivity index (χ1n) is 11.4. The van der Waals surface area contributed by atoms with E-state index in [0.717, 1.165) is 5.56 Å². The molecule has 0 saturated heterocycles. The van der Waals surface area contributed by atoms with E-state index in [2.05, 4.69) is 10.6 Å². The number of hydrogen-bond acceptors (Lipinski definition) is 5. The standard InChI is InChI=1S/C26H35N3O5/c1-7-16-29(24(32)18(3)27-25(33)34-26(4,5)6)22(19-13-9-11-15-21(19)30)23(31)28-20-14-10-8-12-17(20)2/h8-15,18,22,30H,7,16H2,1-6H3,(H,27,33)(H,28,31). The molecule has 2 unspecified atom stereocenters. The van der Waals surface area contributed by atoms with Crippen LogP contribution in [0.3, 0.4) is 0 Å². The maximum Gasteiger partial charge on any atom is 0.408 e. The van der Waals surface area contributed by atoms with E-state index < -0.39 is 35.6 Å². The average molecular weight is 470 g/mol. The summed E-state index contributed by atoms with van der Waals surface area (Å²) in [5.74, 6) is -1.04. The molecule has 0 aliphatic heterocycles. The molecule has 0 fully saturated rings. The molecule has 8 nitrogen and oxygen atoms in total. The SMILES string of the molecule is CCCN(C(=O)C(C)NC(=O)OC(C)(C)C)C(C(=O)Nc1ccccc1C)c1ccccc1O. The highest BCUT2D eigenvalue weighted by Crippen LogP contribution is 2.31. The molecule has 0 aliphatic carbocycles. The molecule has 0 heterocycles. The van der Waals surface area contributed by atoms with Gasteiger partial charge in [-0.1, -0.05) is 43.3 Å². The number of amides is 3. The minimum Gasteiger partial charge on any atom is -0.508 e. The number of ether oxygens (including phenoxy) is 1. The van der Waals surface area contributed by atoms with Gasteiger partial charge in [-0.25, -0.2) is 4.79 Å². The summed E-state index contributed by atoms with van der Waals surface area (Å²) in [6, 6.07) is 11.7. The van der Waals surface area contributed by atoms with Gasteiger partial charge in [-0.15, -0.1) is 0 Å². The molecule has 0 spiro atoms. The van der Waals surface area contributed by atoms with Gasteiger partial charge in [0.25, 0.3) is 5.91 Å². The van der Waals surface area contributed by atoms with E-state index >= 15 is 0 Å². The predicted octanol–water partition coefficient (Wildman–Crippen LogP) is 4.53. The van der Waals surface area contributed by atoms with Crippen LogP contribution in [-0.4, -0.2) is 46.1 Å². The van der Waals surface area contributed by atoms with E-state index in [9.17, 15) is 19.5 Å². The number of nitrogens with one attached hydrogen (secondary N) is 2. The van der Waals surface area contributed by atoms with Crippen LogP contribution in [0.25, 0.3) is 0 Å². The van der Waals surface area contributed by atoms with Gasteiger partial charge < -0.3 is 25.4 Å². The molecule has 2 aromatic carbocycles. The average Bonchev–Trinajstić information content (AvgIpc) is 2.74. The summed E-state index contributed by atoms with van der Waals surface area (Å²) in [5.41, 5.74) is 1.04. The van der Waals surface area contributed by atoms with Crippen LogP contribution in [0.15, 0.2) is 48.5 Å². The van der Waals surface area contributed by atoms with Crippen molar-refractivity contribution < 1.29 is 24.2 Å². The van der Waals surface area contributed by atoms with Crippen molar-refractivity contribution >= 4 is 23.6 Å². The number of benzene rings is 2. The lowest BCUT2D eigenvalue weighted by Gasteiger charge is -2.33. The van der Waals surface area contributed by atoms with Gasteiger partial charge in [0, 0.05) is 17.8 Å². The van der Waals surface area contributed by atoms with Crippen LogP contribution in [0.4, 0.5) is 10.5 Å². The number of phenols is 1. The number of carbonyl (C=O) groups is 3. The minimum atomic E-state index is -1.11. The Morgan fingerprint density at radius 3 is 2.26 bits per heavy atom. The fourth-order valence-electron chi connectivity index (χ4n) is 3.49. The van der Waals surface area contributed by atoms with Crippen molar-refractivity contribution in [2.75, 3.05) is 11.9 Å². The highest BCUT2D eigenvalue weighted by atomic mass is 16.6. The summed E-state index contributed by atoms with van der Waals surface area (Å²) >= 11 is 0. The third kappa shape index (κ3) is 7.23.